The van der Waals surface area contributed by atoms with Crippen LogP contribution in [0.25, 0.3) is 0 Å². The average molecular weight is 301 g/mol. The van der Waals surface area contributed by atoms with Crippen LogP contribution in [-0.4, -0.2) is 57.6 Å². The van der Waals surface area contributed by atoms with Gasteiger partial charge in [-0.15, -0.1) is 0 Å². The van der Waals surface area contributed by atoms with Crippen LogP contribution in [-0.2, 0) is 20.8 Å². The molecule has 1 aromatic carbocycles. The van der Waals surface area contributed by atoms with Crippen molar-refractivity contribution in [2.75, 3.05) is 52.7 Å². The highest BCUT2D eigenvalue weighted by Crippen LogP contribution is 2.10. The van der Waals surface area contributed by atoms with Gasteiger partial charge in [-0.25, -0.2) is 8.78 Å². The summed E-state index contributed by atoms with van der Waals surface area (Å²) in [6.45, 7) is 5.14. The lowest BCUT2D eigenvalue weighted by atomic mass is 10.2. The number of halogens is 2. The molecule has 0 N–H and O–H groups in total. The summed E-state index contributed by atoms with van der Waals surface area (Å²) >= 11 is 0. The average Bonchev–Trinajstić information content (AvgIpc) is 2.40. The van der Waals surface area contributed by atoms with E-state index in [1.165, 1.54) is 12.1 Å². The topological polar surface area (TPSA) is 30.9 Å². The molecule has 1 fully saturated rings. The monoisotopic (exact) mass is 301 g/mol. The normalized spacial score (nSPS) is 19.7. The minimum atomic E-state index is -0.552. The summed E-state index contributed by atoms with van der Waals surface area (Å²) in [4.78, 5) is 2.07. The minimum absolute atomic E-state index is 0.470. The molecule has 0 aromatic heterocycles. The summed E-state index contributed by atoms with van der Waals surface area (Å²) in [5, 5.41) is 0. The van der Waals surface area contributed by atoms with Gasteiger partial charge in [0.15, 0.2) is 0 Å². The molecule has 0 spiro atoms. The molecule has 0 unspecified atom stereocenters. The lowest BCUT2D eigenvalue weighted by Crippen LogP contribution is -2.32. The van der Waals surface area contributed by atoms with E-state index in [4.69, 9.17) is 14.2 Å². The third-order valence-electron chi connectivity index (χ3n) is 3.18. The molecular weight excluding hydrogens is 280 g/mol. The van der Waals surface area contributed by atoms with E-state index < -0.39 is 11.6 Å². The molecule has 118 valence electrons. The molecule has 0 amide bonds. The van der Waals surface area contributed by atoms with E-state index in [9.17, 15) is 8.78 Å². The van der Waals surface area contributed by atoms with Gasteiger partial charge in [0.05, 0.1) is 39.6 Å². The van der Waals surface area contributed by atoms with Crippen LogP contribution >= 0.6 is 0 Å². The Kier molecular flexibility index (Phi) is 7.02. The second-order valence-corrected chi connectivity index (χ2v) is 4.89. The van der Waals surface area contributed by atoms with E-state index in [2.05, 4.69) is 4.90 Å². The van der Waals surface area contributed by atoms with E-state index in [0.717, 1.165) is 6.07 Å². The zero-order valence-corrected chi connectivity index (χ0v) is 12.0. The molecule has 6 heteroatoms. The molecule has 1 aliphatic rings. The van der Waals surface area contributed by atoms with Crippen molar-refractivity contribution in [2.24, 2.45) is 0 Å². The SMILES string of the molecule is Fc1cc(F)cc(CN2CCOCCOCCOCC2)c1. The standard InChI is InChI=1S/C15H21F2NO3/c16-14-9-13(10-15(17)11-14)12-18-1-3-19-5-7-21-8-6-20-4-2-18/h9-11H,1-8,12H2. The van der Waals surface area contributed by atoms with Gasteiger partial charge in [0, 0.05) is 25.7 Å². The van der Waals surface area contributed by atoms with Gasteiger partial charge in [0.25, 0.3) is 0 Å². The number of ether oxygens (including phenoxy) is 3. The van der Waals surface area contributed by atoms with Crippen molar-refractivity contribution >= 4 is 0 Å². The van der Waals surface area contributed by atoms with Gasteiger partial charge in [-0.3, -0.25) is 4.90 Å². The molecule has 0 radical (unpaired) electrons. The van der Waals surface area contributed by atoms with Gasteiger partial charge >= 0.3 is 0 Å². The van der Waals surface area contributed by atoms with Crippen molar-refractivity contribution in [2.45, 2.75) is 6.54 Å². The maximum Gasteiger partial charge on any atom is 0.126 e. The smallest absolute Gasteiger partial charge is 0.126 e. The molecule has 0 saturated carbocycles. The zero-order chi connectivity index (χ0) is 14.9. The first-order valence-corrected chi connectivity index (χ1v) is 7.14. The number of hydrogen-bond acceptors (Lipinski definition) is 4. The molecule has 0 bridgehead atoms. The van der Waals surface area contributed by atoms with Gasteiger partial charge in [-0.2, -0.15) is 0 Å². The molecule has 2 rings (SSSR count). The van der Waals surface area contributed by atoms with Gasteiger partial charge < -0.3 is 14.2 Å². The van der Waals surface area contributed by atoms with E-state index in [0.29, 0.717) is 64.8 Å². The van der Waals surface area contributed by atoms with Crippen molar-refractivity contribution < 1.29 is 23.0 Å². The highest BCUT2D eigenvalue weighted by atomic mass is 19.1. The predicted molar refractivity (Wildman–Crippen MR) is 74.1 cm³/mol. The summed E-state index contributed by atoms with van der Waals surface area (Å²) in [6.07, 6.45) is 0. The number of benzene rings is 1. The number of nitrogens with zero attached hydrogens (tertiary/aromatic N) is 1. The molecule has 1 aliphatic heterocycles. The van der Waals surface area contributed by atoms with E-state index in [1.54, 1.807) is 0 Å². The van der Waals surface area contributed by atoms with Crippen molar-refractivity contribution in [3.63, 3.8) is 0 Å². The molecule has 4 nitrogen and oxygen atoms in total. The quantitative estimate of drug-likeness (QED) is 0.834. The first kappa shape index (κ1) is 16.3. The second kappa shape index (κ2) is 9.04. The lowest BCUT2D eigenvalue weighted by molar-refractivity contribution is -0.00690. The van der Waals surface area contributed by atoms with Gasteiger partial charge in [0.1, 0.15) is 11.6 Å². The van der Waals surface area contributed by atoms with Crippen LogP contribution in [0.1, 0.15) is 5.56 Å². The van der Waals surface area contributed by atoms with Crippen molar-refractivity contribution in [3.8, 4) is 0 Å². The Morgan fingerprint density at radius 1 is 0.762 bits per heavy atom. The number of hydrogen-bond donors (Lipinski definition) is 0. The molecule has 21 heavy (non-hydrogen) atoms. The van der Waals surface area contributed by atoms with Crippen LogP contribution < -0.4 is 0 Å². The maximum absolute atomic E-state index is 13.2. The summed E-state index contributed by atoms with van der Waals surface area (Å²) in [5.74, 6) is -1.10. The Morgan fingerprint density at radius 2 is 1.24 bits per heavy atom. The fraction of sp³-hybridized carbons (Fsp3) is 0.600. The lowest BCUT2D eigenvalue weighted by Gasteiger charge is -2.23. The number of rotatable bonds is 2. The molecule has 1 aromatic rings. The van der Waals surface area contributed by atoms with Crippen LogP contribution in [0.3, 0.4) is 0 Å². The fourth-order valence-electron chi connectivity index (χ4n) is 2.16. The summed E-state index contributed by atoms with van der Waals surface area (Å²) in [6, 6.07) is 3.59. The van der Waals surface area contributed by atoms with Crippen LogP contribution in [0.15, 0.2) is 18.2 Å². The van der Waals surface area contributed by atoms with Gasteiger partial charge in [0.2, 0.25) is 0 Å². The van der Waals surface area contributed by atoms with Crippen LogP contribution in [0.4, 0.5) is 8.78 Å². The Hall–Kier alpha value is -1.08. The Balaban J connectivity index is 1.90. The molecule has 0 atom stereocenters. The van der Waals surface area contributed by atoms with Crippen molar-refractivity contribution in [3.05, 3.63) is 35.4 Å². The van der Waals surface area contributed by atoms with Crippen LogP contribution in [0.2, 0.25) is 0 Å². The van der Waals surface area contributed by atoms with Crippen molar-refractivity contribution in [1.82, 2.24) is 4.90 Å². The van der Waals surface area contributed by atoms with E-state index >= 15 is 0 Å². The van der Waals surface area contributed by atoms with Crippen molar-refractivity contribution in [1.29, 1.82) is 0 Å². The van der Waals surface area contributed by atoms with E-state index in [1.807, 2.05) is 0 Å². The molecular formula is C15H21F2NO3. The Labute approximate surface area is 123 Å². The van der Waals surface area contributed by atoms with Gasteiger partial charge in [-0.05, 0) is 17.7 Å². The Morgan fingerprint density at radius 3 is 1.76 bits per heavy atom. The molecule has 0 aliphatic carbocycles. The largest absolute Gasteiger partial charge is 0.378 e. The second-order valence-electron chi connectivity index (χ2n) is 4.89. The highest BCUT2D eigenvalue weighted by molar-refractivity contribution is 5.17. The summed E-state index contributed by atoms with van der Waals surface area (Å²) in [7, 11) is 0. The van der Waals surface area contributed by atoms with Crippen LogP contribution in [0, 0.1) is 11.6 Å². The minimum Gasteiger partial charge on any atom is -0.378 e. The fourth-order valence-corrected chi connectivity index (χ4v) is 2.16. The first-order valence-electron chi connectivity index (χ1n) is 7.14. The predicted octanol–water partition coefficient (Wildman–Crippen LogP) is 1.83. The first-order chi connectivity index (χ1) is 10.2. The summed E-state index contributed by atoms with van der Waals surface area (Å²) in [5.41, 5.74) is 0.614. The molecule has 1 saturated heterocycles. The third-order valence-corrected chi connectivity index (χ3v) is 3.18. The van der Waals surface area contributed by atoms with Gasteiger partial charge in [-0.1, -0.05) is 0 Å². The third kappa shape index (κ3) is 6.48. The van der Waals surface area contributed by atoms with Crippen LogP contribution in [0.5, 0.6) is 0 Å². The summed E-state index contributed by atoms with van der Waals surface area (Å²) < 4.78 is 42.7. The highest BCUT2D eigenvalue weighted by Gasteiger charge is 2.09. The Bertz CT molecular complexity index is 399. The molecule has 1 heterocycles. The maximum atomic E-state index is 13.2. The zero-order valence-electron chi connectivity index (χ0n) is 12.0. The van der Waals surface area contributed by atoms with E-state index in [-0.39, 0.29) is 0 Å².